The molecule has 1 heterocycles. The number of benzene rings is 1. The molecule has 8 heteroatoms. The highest BCUT2D eigenvalue weighted by Gasteiger charge is 2.13. The predicted molar refractivity (Wildman–Crippen MR) is 57.1 cm³/mol. The van der Waals surface area contributed by atoms with Gasteiger partial charge in [-0.1, -0.05) is 5.16 Å². The van der Waals surface area contributed by atoms with Crippen molar-refractivity contribution in [3.8, 4) is 0 Å². The summed E-state index contributed by atoms with van der Waals surface area (Å²) < 4.78 is 43.7. The molecule has 1 aromatic carbocycles. The summed E-state index contributed by atoms with van der Waals surface area (Å²) in [5.41, 5.74) is -0.714. The van der Waals surface area contributed by atoms with Crippen LogP contribution in [0.15, 0.2) is 22.7 Å². The van der Waals surface area contributed by atoms with Crippen molar-refractivity contribution < 1.29 is 27.6 Å². The summed E-state index contributed by atoms with van der Waals surface area (Å²) >= 11 is 0. The Hall–Kier alpha value is -2.51. The molecule has 0 saturated carbocycles. The van der Waals surface area contributed by atoms with E-state index in [1.165, 1.54) is 0 Å². The van der Waals surface area contributed by atoms with Crippen molar-refractivity contribution in [2.75, 3.05) is 5.32 Å². The highest BCUT2D eigenvalue weighted by atomic mass is 19.2. The van der Waals surface area contributed by atoms with E-state index >= 15 is 0 Å². The molecule has 19 heavy (non-hydrogen) atoms. The fourth-order valence-electron chi connectivity index (χ4n) is 1.36. The molecular formula is C11H7F3N2O3. The van der Waals surface area contributed by atoms with Gasteiger partial charge >= 0.3 is 5.97 Å². The lowest BCUT2D eigenvalue weighted by molar-refractivity contribution is 0.0685. The monoisotopic (exact) mass is 272 g/mol. The van der Waals surface area contributed by atoms with E-state index in [-0.39, 0.29) is 18.0 Å². The van der Waals surface area contributed by atoms with Crippen molar-refractivity contribution in [1.82, 2.24) is 5.16 Å². The number of anilines is 1. The molecule has 0 saturated heterocycles. The largest absolute Gasteiger partial charge is 0.476 e. The third-order valence-corrected chi connectivity index (χ3v) is 2.22. The minimum atomic E-state index is -1.33. The number of nitrogens with one attached hydrogen (secondary N) is 1. The summed E-state index contributed by atoms with van der Waals surface area (Å²) in [6.07, 6.45) is 0. The third kappa shape index (κ3) is 2.84. The van der Waals surface area contributed by atoms with Gasteiger partial charge in [-0.05, 0) is 0 Å². The van der Waals surface area contributed by atoms with E-state index in [0.717, 1.165) is 12.1 Å². The van der Waals surface area contributed by atoms with Crippen molar-refractivity contribution in [2.45, 2.75) is 6.54 Å². The van der Waals surface area contributed by atoms with Crippen molar-refractivity contribution >= 4 is 11.7 Å². The number of carbonyl (C=O) groups is 1. The minimum absolute atomic E-state index is 0.0847. The number of aromatic carboxylic acids is 1. The van der Waals surface area contributed by atoms with Crippen LogP contribution in [0.3, 0.4) is 0 Å². The summed E-state index contributed by atoms with van der Waals surface area (Å²) in [6.45, 7) is -0.167. The SMILES string of the molecule is O=C(O)c1cc(CNc2cc(F)cc(F)c2F)on1. The van der Waals surface area contributed by atoms with Crippen LogP contribution in [-0.4, -0.2) is 16.2 Å². The van der Waals surface area contributed by atoms with Crippen molar-refractivity contribution in [3.63, 3.8) is 0 Å². The van der Waals surface area contributed by atoms with Crippen molar-refractivity contribution in [2.24, 2.45) is 0 Å². The zero-order valence-corrected chi connectivity index (χ0v) is 9.28. The van der Waals surface area contributed by atoms with Crippen molar-refractivity contribution in [1.29, 1.82) is 0 Å². The first-order valence-corrected chi connectivity index (χ1v) is 5.04. The molecule has 0 fully saturated rings. The Kier molecular flexibility index (Phi) is 3.41. The molecular weight excluding hydrogens is 265 g/mol. The van der Waals surface area contributed by atoms with Crippen LogP contribution < -0.4 is 5.32 Å². The molecule has 0 radical (unpaired) electrons. The van der Waals surface area contributed by atoms with E-state index in [1.54, 1.807) is 0 Å². The third-order valence-electron chi connectivity index (χ3n) is 2.22. The van der Waals surface area contributed by atoms with Crippen LogP contribution in [0.1, 0.15) is 16.2 Å². The molecule has 0 aliphatic heterocycles. The quantitative estimate of drug-likeness (QED) is 0.836. The normalized spacial score (nSPS) is 10.5. The lowest BCUT2D eigenvalue weighted by Gasteiger charge is -2.06. The van der Waals surface area contributed by atoms with Gasteiger partial charge in [-0.2, -0.15) is 0 Å². The second-order valence-corrected chi connectivity index (χ2v) is 3.59. The van der Waals surface area contributed by atoms with E-state index in [0.29, 0.717) is 6.07 Å². The van der Waals surface area contributed by atoms with E-state index in [4.69, 9.17) is 5.11 Å². The van der Waals surface area contributed by atoms with Gasteiger partial charge in [0.15, 0.2) is 23.1 Å². The molecule has 0 atom stereocenters. The van der Waals surface area contributed by atoms with Crippen LogP contribution in [0.5, 0.6) is 0 Å². The van der Waals surface area contributed by atoms with Gasteiger partial charge in [-0.25, -0.2) is 18.0 Å². The zero-order valence-electron chi connectivity index (χ0n) is 9.28. The Morgan fingerprint density at radius 2 is 2.05 bits per heavy atom. The Balaban J connectivity index is 2.12. The first-order chi connectivity index (χ1) is 8.97. The van der Waals surface area contributed by atoms with Crippen LogP contribution in [-0.2, 0) is 6.54 Å². The first-order valence-electron chi connectivity index (χ1n) is 5.04. The second kappa shape index (κ2) is 5.01. The van der Waals surface area contributed by atoms with Crippen LogP contribution in [0, 0.1) is 17.5 Å². The summed E-state index contributed by atoms with van der Waals surface area (Å²) in [5.74, 6) is -4.70. The average Bonchev–Trinajstić information content (AvgIpc) is 2.81. The number of hydrogen-bond donors (Lipinski definition) is 2. The number of hydrogen-bond acceptors (Lipinski definition) is 4. The van der Waals surface area contributed by atoms with Crippen molar-refractivity contribution in [3.05, 3.63) is 47.1 Å². The maximum atomic E-state index is 13.3. The zero-order chi connectivity index (χ0) is 14.0. The molecule has 0 aliphatic carbocycles. The summed E-state index contributed by atoms with van der Waals surface area (Å²) in [6, 6.07) is 2.30. The second-order valence-electron chi connectivity index (χ2n) is 3.59. The Morgan fingerprint density at radius 1 is 1.32 bits per heavy atom. The number of rotatable bonds is 4. The Bertz CT molecular complexity index is 628. The van der Waals surface area contributed by atoms with E-state index in [2.05, 4.69) is 15.0 Å². The van der Waals surface area contributed by atoms with Gasteiger partial charge < -0.3 is 14.9 Å². The molecule has 5 nitrogen and oxygen atoms in total. The van der Waals surface area contributed by atoms with Gasteiger partial charge in [0.1, 0.15) is 5.82 Å². The summed E-state index contributed by atoms with van der Waals surface area (Å²) in [5, 5.41) is 14.2. The highest BCUT2D eigenvalue weighted by Crippen LogP contribution is 2.20. The molecule has 1 aromatic heterocycles. The van der Waals surface area contributed by atoms with Gasteiger partial charge in [0.25, 0.3) is 0 Å². The lowest BCUT2D eigenvalue weighted by Crippen LogP contribution is -2.03. The molecule has 2 aromatic rings. The van der Waals surface area contributed by atoms with Gasteiger partial charge in [0.2, 0.25) is 0 Å². The van der Waals surface area contributed by atoms with Gasteiger partial charge in [0, 0.05) is 18.2 Å². The lowest BCUT2D eigenvalue weighted by atomic mass is 10.2. The predicted octanol–water partition coefficient (Wildman–Crippen LogP) is 2.40. The standard InChI is InChI=1S/C11H7F3N2O3/c12-5-1-7(13)10(14)8(2-5)15-4-6-3-9(11(17)18)16-19-6/h1-3,15H,4H2,(H,17,18). The van der Waals surface area contributed by atoms with E-state index in [9.17, 15) is 18.0 Å². The van der Waals surface area contributed by atoms with Crippen LogP contribution >= 0.6 is 0 Å². The molecule has 0 spiro atoms. The van der Waals surface area contributed by atoms with Gasteiger partial charge in [-0.3, -0.25) is 0 Å². The summed E-state index contributed by atoms with van der Waals surface area (Å²) in [7, 11) is 0. The minimum Gasteiger partial charge on any atom is -0.476 e. The fraction of sp³-hybridized carbons (Fsp3) is 0.0909. The molecule has 0 aliphatic rings. The molecule has 0 amide bonds. The highest BCUT2D eigenvalue weighted by molar-refractivity contribution is 5.85. The maximum absolute atomic E-state index is 13.3. The molecule has 100 valence electrons. The number of halogens is 3. The average molecular weight is 272 g/mol. The topological polar surface area (TPSA) is 75.4 Å². The molecule has 0 bridgehead atoms. The Labute approximate surface area is 104 Å². The van der Waals surface area contributed by atoms with Gasteiger partial charge in [0.05, 0.1) is 12.2 Å². The molecule has 2 N–H and O–H groups in total. The summed E-state index contributed by atoms with van der Waals surface area (Å²) in [4.78, 5) is 10.5. The van der Waals surface area contributed by atoms with Crippen LogP contribution in [0.4, 0.5) is 18.9 Å². The van der Waals surface area contributed by atoms with Crippen LogP contribution in [0.25, 0.3) is 0 Å². The number of carboxylic acids is 1. The maximum Gasteiger partial charge on any atom is 0.358 e. The van der Waals surface area contributed by atoms with Gasteiger partial charge in [-0.15, -0.1) is 0 Å². The molecule has 0 unspecified atom stereocenters. The van der Waals surface area contributed by atoms with E-state index < -0.39 is 29.1 Å². The Morgan fingerprint density at radius 3 is 2.68 bits per heavy atom. The van der Waals surface area contributed by atoms with Crippen LogP contribution in [0.2, 0.25) is 0 Å². The molecule has 2 rings (SSSR count). The smallest absolute Gasteiger partial charge is 0.358 e. The van der Waals surface area contributed by atoms with E-state index in [1.807, 2.05) is 0 Å². The number of aromatic nitrogens is 1. The first kappa shape index (κ1) is 12.9. The number of nitrogens with zero attached hydrogens (tertiary/aromatic N) is 1. The number of carboxylic acid groups (broad SMARTS) is 1. The fourth-order valence-corrected chi connectivity index (χ4v) is 1.36.